The fourth-order valence-corrected chi connectivity index (χ4v) is 7.57. The number of hydrogen-bond donors (Lipinski definition) is 1. The van der Waals surface area contributed by atoms with Crippen molar-refractivity contribution in [2.24, 2.45) is 0 Å². The first kappa shape index (κ1) is 30.6. The molecule has 8 nitrogen and oxygen atoms in total. The highest BCUT2D eigenvalue weighted by molar-refractivity contribution is 5.75. The van der Waals surface area contributed by atoms with Crippen LogP contribution >= 0.6 is 0 Å². The first-order chi connectivity index (χ1) is 21.1. The molecule has 2 atom stereocenters. The third-order valence-corrected chi connectivity index (χ3v) is 9.68. The quantitative estimate of drug-likeness (QED) is 0.427. The van der Waals surface area contributed by atoms with Gasteiger partial charge in [0, 0.05) is 68.3 Å². The molecule has 3 aliphatic rings. The molecule has 236 valence electrons. The van der Waals surface area contributed by atoms with Crippen LogP contribution in [0.4, 0.5) is 18.0 Å². The number of pyridine rings is 1. The molecule has 1 saturated carbocycles. The average Bonchev–Trinajstić information content (AvgIpc) is 3.00. The van der Waals surface area contributed by atoms with Crippen molar-refractivity contribution in [3.05, 3.63) is 81.7 Å². The largest absolute Gasteiger partial charge is 0.321 e. The summed E-state index contributed by atoms with van der Waals surface area (Å²) in [4.78, 5) is 37.9. The number of urea groups is 1. The van der Waals surface area contributed by atoms with Crippen molar-refractivity contribution in [3.8, 4) is 0 Å². The van der Waals surface area contributed by atoms with Gasteiger partial charge in [-0.25, -0.2) is 22.9 Å². The Morgan fingerprint density at radius 3 is 2.59 bits per heavy atom. The number of nitrogens with zero attached hydrogens (tertiary/aromatic N) is 5. The molecule has 0 radical (unpaired) electrons. The van der Waals surface area contributed by atoms with Gasteiger partial charge in [0.1, 0.15) is 23.1 Å². The van der Waals surface area contributed by atoms with Crippen molar-refractivity contribution in [1.29, 1.82) is 0 Å². The maximum atomic E-state index is 15.1. The second kappa shape index (κ2) is 12.5. The van der Waals surface area contributed by atoms with E-state index in [1.54, 1.807) is 11.1 Å². The van der Waals surface area contributed by atoms with Gasteiger partial charge in [-0.15, -0.1) is 0 Å². The first-order valence-electron chi connectivity index (χ1n) is 15.8. The van der Waals surface area contributed by atoms with Crippen molar-refractivity contribution >= 4 is 11.7 Å². The predicted molar refractivity (Wildman–Crippen MR) is 162 cm³/mol. The molecular weight excluding hydrogens is 569 g/mol. The van der Waals surface area contributed by atoms with Gasteiger partial charge in [-0.3, -0.25) is 14.1 Å². The smallest absolute Gasteiger partial charge is 0.320 e. The molecule has 1 aromatic carbocycles. The van der Waals surface area contributed by atoms with Gasteiger partial charge in [0.05, 0.1) is 11.6 Å². The molecule has 2 amide bonds. The summed E-state index contributed by atoms with van der Waals surface area (Å²) in [7, 11) is 0. The van der Waals surface area contributed by atoms with Crippen molar-refractivity contribution < 1.29 is 18.0 Å². The molecule has 0 bridgehead atoms. The van der Waals surface area contributed by atoms with Crippen molar-refractivity contribution in [2.75, 3.05) is 26.2 Å². The third kappa shape index (κ3) is 6.08. The molecule has 3 fully saturated rings. The summed E-state index contributed by atoms with van der Waals surface area (Å²) in [6.45, 7) is 6.40. The second-order valence-electron chi connectivity index (χ2n) is 13.0. The molecule has 3 aromatic rings. The Morgan fingerprint density at radius 1 is 1.05 bits per heavy atom. The van der Waals surface area contributed by atoms with Crippen LogP contribution in [0.1, 0.15) is 76.0 Å². The predicted octanol–water partition coefficient (Wildman–Crippen LogP) is 5.26. The molecule has 2 saturated heterocycles. The number of piperazine rings is 1. The maximum absolute atomic E-state index is 15.1. The standard InChI is InChI=1S/C33H41F3N6O2/c1-22(2)38-26-10-13-41(29(17-26)27-16-24(34)6-8-28(27)36)32(44)39-14-15-40(33(21-39)11-4-3-5-12-33)19-23-18-37-30-9-7-25(35)20-42(30)31(23)43/h6-9,16,18,20,22,26,29,38H,3-5,10-15,17,19,21H2,1-2H3/t26-,29+/m1/s1. The van der Waals surface area contributed by atoms with Crippen LogP contribution in [0.15, 0.2) is 47.5 Å². The molecule has 0 unspecified atom stereocenters. The zero-order chi connectivity index (χ0) is 31.0. The number of fused-ring (bicyclic) bond motifs is 1. The minimum atomic E-state index is -0.590. The molecule has 4 heterocycles. The lowest BCUT2D eigenvalue weighted by Gasteiger charge is -2.54. The number of likely N-dealkylation sites (tertiary alicyclic amines) is 1. The lowest BCUT2D eigenvalue weighted by molar-refractivity contribution is -0.0271. The third-order valence-electron chi connectivity index (χ3n) is 9.68. The van der Waals surface area contributed by atoms with E-state index >= 15 is 4.39 Å². The molecule has 1 N–H and O–H groups in total. The highest BCUT2D eigenvalue weighted by Gasteiger charge is 2.46. The number of aromatic nitrogens is 2. The summed E-state index contributed by atoms with van der Waals surface area (Å²) in [5, 5.41) is 3.52. The summed E-state index contributed by atoms with van der Waals surface area (Å²) < 4.78 is 44.6. The summed E-state index contributed by atoms with van der Waals surface area (Å²) in [5.41, 5.74) is 0.466. The number of carbonyl (C=O) groups excluding carboxylic acids is 1. The van der Waals surface area contributed by atoms with Gasteiger partial charge in [0.15, 0.2) is 0 Å². The summed E-state index contributed by atoms with van der Waals surface area (Å²) >= 11 is 0. The van der Waals surface area contributed by atoms with Crippen molar-refractivity contribution in [1.82, 2.24) is 29.4 Å². The molecule has 1 aliphatic carbocycles. The SMILES string of the molecule is CC(C)N[C@@H]1CCN(C(=O)N2CCN(Cc3cnc4ccc(F)cn4c3=O)C3(CCCCC3)C2)[C@H](c2cc(F)ccc2F)C1. The van der Waals surface area contributed by atoms with Crippen molar-refractivity contribution in [3.63, 3.8) is 0 Å². The molecule has 6 rings (SSSR count). The minimum Gasteiger partial charge on any atom is -0.321 e. The zero-order valence-electron chi connectivity index (χ0n) is 25.4. The van der Waals surface area contributed by atoms with Crippen molar-refractivity contribution in [2.45, 2.75) is 89.0 Å². The fraction of sp³-hybridized carbons (Fsp3) is 0.545. The van der Waals surface area contributed by atoms with E-state index in [-0.39, 0.29) is 34.8 Å². The van der Waals surface area contributed by atoms with E-state index in [4.69, 9.17) is 0 Å². The van der Waals surface area contributed by atoms with E-state index in [9.17, 15) is 18.4 Å². The number of carbonyl (C=O) groups is 1. The Hall–Kier alpha value is -3.44. The van der Waals surface area contributed by atoms with E-state index in [0.29, 0.717) is 50.4 Å². The van der Waals surface area contributed by atoms with Crippen LogP contribution in [-0.4, -0.2) is 73.9 Å². The number of hydrogen-bond acceptors (Lipinski definition) is 5. The molecule has 44 heavy (non-hydrogen) atoms. The van der Waals surface area contributed by atoms with Crippen LogP contribution in [0.3, 0.4) is 0 Å². The highest BCUT2D eigenvalue weighted by Crippen LogP contribution is 2.39. The van der Waals surface area contributed by atoms with Crippen LogP contribution in [-0.2, 0) is 6.54 Å². The number of halogens is 3. The molecular formula is C33H41F3N6O2. The Balaban J connectivity index is 1.26. The average molecular weight is 611 g/mol. The van der Waals surface area contributed by atoms with Crippen LogP contribution in [0.2, 0.25) is 0 Å². The van der Waals surface area contributed by atoms with Gasteiger partial charge in [0.2, 0.25) is 0 Å². The topological polar surface area (TPSA) is 73.2 Å². The maximum Gasteiger partial charge on any atom is 0.320 e. The summed E-state index contributed by atoms with van der Waals surface area (Å²) in [5.74, 6) is -1.54. The van der Waals surface area contributed by atoms with Gasteiger partial charge in [0.25, 0.3) is 5.56 Å². The summed E-state index contributed by atoms with van der Waals surface area (Å²) in [6.07, 6.45) is 8.88. The van der Waals surface area contributed by atoms with Gasteiger partial charge < -0.3 is 15.1 Å². The molecule has 2 aliphatic heterocycles. The van der Waals surface area contributed by atoms with Crippen LogP contribution in [0, 0.1) is 17.5 Å². The number of nitrogens with one attached hydrogen (secondary N) is 1. The Morgan fingerprint density at radius 2 is 1.82 bits per heavy atom. The van der Waals surface area contributed by atoms with Gasteiger partial charge in [-0.05, 0) is 56.0 Å². The lowest BCUT2D eigenvalue weighted by atomic mass is 9.78. The zero-order valence-corrected chi connectivity index (χ0v) is 25.4. The Bertz CT molecular complexity index is 1570. The summed E-state index contributed by atoms with van der Waals surface area (Å²) in [6, 6.07) is 5.80. The number of rotatable bonds is 5. The normalized spacial score (nSPS) is 22.7. The van der Waals surface area contributed by atoms with Crippen LogP contribution in [0.25, 0.3) is 5.65 Å². The number of piperidine rings is 1. The van der Waals surface area contributed by atoms with E-state index in [1.165, 1.54) is 28.8 Å². The van der Waals surface area contributed by atoms with Crippen LogP contribution in [0.5, 0.6) is 0 Å². The molecule has 11 heteroatoms. The minimum absolute atomic E-state index is 0.0800. The number of amides is 2. The van der Waals surface area contributed by atoms with Gasteiger partial charge in [-0.1, -0.05) is 33.1 Å². The van der Waals surface area contributed by atoms with Gasteiger partial charge >= 0.3 is 6.03 Å². The first-order valence-corrected chi connectivity index (χ1v) is 15.8. The number of benzene rings is 1. The highest BCUT2D eigenvalue weighted by atomic mass is 19.1. The lowest BCUT2D eigenvalue weighted by Crippen LogP contribution is -2.65. The van der Waals surface area contributed by atoms with E-state index in [1.807, 2.05) is 4.90 Å². The Labute approximate surface area is 255 Å². The van der Waals surface area contributed by atoms with Gasteiger partial charge in [-0.2, -0.15) is 0 Å². The fourth-order valence-electron chi connectivity index (χ4n) is 7.57. The van der Waals surface area contributed by atoms with E-state index in [0.717, 1.165) is 50.7 Å². The Kier molecular flexibility index (Phi) is 8.70. The second-order valence-corrected chi connectivity index (χ2v) is 13.0. The monoisotopic (exact) mass is 610 g/mol. The molecule has 2 aromatic heterocycles. The van der Waals surface area contributed by atoms with E-state index in [2.05, 4.69) is 29.0 Å². The molecule has 1 spiro atoms. The van der Waals surface area contributed by atoms with E-state index < -0.39 is 23.5 Å². The van der Waals surface area contributed by atoms with Crippen LogP contribution < -0.4 is 10.9 Å².